The van der Waals surface area contributed by atoms with Crippen molar-refractivity contribution >= 4 is 0 Å². The van der Waals surface area contributed by atoms with Crippen LogP contribution in [0.5, 0.6) is 0 Å². The summed E-state index contributed by atoms with van der Waals surface area (Å²) in [6.07, 6.45) is 6.27. The zero-order valence-electron chi connectivity index (χ0n) is 13.3. The smallest absolute Gasteiger partial charge is 0.159 e. The van der Waals surface area contributed by atoms with Gasteiger partial charge in [0, 0.05) is 12.1 Å². The summed E-state index contributed by atoms with van der Waals surface area (Å²) in [5.41, 5.74) is 0.819. The van der Waals surface area contributed by atoms with Crippen LogP contribution in [0.1, 0.15) is 64.5 Å². The molecule has 1 aromatic rings. The summed E-state index contributed by atoms with van der Waals surface area (Å²) in [4.78, 5) is 0. The Morgan fingerprint density at radius 2 is 1.90 bits per heavy atom. The summed E-state index contributed by atoms with van der Waals surface area (Å²) in [5.74, 6) is 0.00821. The topological polar surface area (TPSA) is 12.0 Å². The average Bonchev–Trinajstić information content (AvgIpc) is 2.41. The molecule has 1 nitrogen and oxygen atoms in total. The molecule has 21 heavy (non-hydrogen) atoms. The van der Waals surface area contributed by atoms with E-state index in [9.17, 15) is 8.78 Å². The van der Waals surface area contributed by atoms with E-state index in [1.54, 1.807) is 6.07 Å². The van der Waals surface area contributed by atoms with Gasteiger partial charge in [-0.3, -0.25) is 0 Å². The van der Waals surface area contributed by atoms with Crippen LogP contribution >= 0.6 is 0 Å². The zero-order chi connectivity index (χ0) is 15.4. The molecule has 0 amide bonds. The maximum atomic E-state index is 13.3. The lowest BCUT2D eigenvalue weighted by molar-refractivity contribution is 0.242. The molecule has 3 unspecified atom stereocenters. The van der Waals surface area contributed by atoms with E-state index in [-0.39, 0.29) is 6.04 Å². The van der Waals surface area contributed by atoms with Crippen molar-refractivity contribution in [2.24, 2.45) is 11.8 Å². The molecule has 0 radical (unpaired) electrons. The third-order valence-electron chi connectivity index (χ3n) is 4.52. The van der Waals surface area contributed by atoms with Gasteiger partial charge in [0.2, 0.25) is 0 Å². The Labute approximate surface area is 127 Å². The Balaban J connectivity index is 1.92. The molecular weight excluding hydrogens is 268 g/mol. The molecule has 1 aliphatic carbocycles. The number of benzene rings is 1. The maximum absolute atomic E-state index is 13.3. The highest BCUT2D eigenvalue weighted by atomic mass is 19.2. The summed E-state index contributed by atoms with van der Waals surface area (Å²) < 4.78 is 26.3. The van der Waals surface area contributed by atoms with Gasteiger partial charge >= 0.3 is 0 Å². The van der Waals surface area contributed by atoms with Gasteiger partial charge in [0.25, 0.3) is 0 Å². The molecule has 1 aromatic carbocycles. The number of hydrogen-bond donors (Lipinski definition) is 1. The van der Waals surface area contributed by atoms with Gasteiger partial charge in [0.1, 0.15) is 0 Å². The van der Waals surface area contributed by atoms with Gasteiger partial charge in [-0.25, -0.2) is 8.78 Å². The van der Waals surface area contributed by atoms with Crippen molar-refractivity contribution in [1.82, 2.24) is 5.32 Å². The third kappa shape index (κ3) is 4.77. The quantitative estimate of drug-likeness (QED) is 0.785. The first-order valence-electron chi connectivity index (χ1n) is 8.16. The van der Waals surface area contributed by atoms with E-state index in [1.807, 2.05) is 6.92 Å². The first-order chi connectivity index (χ1) is 9.95. The number of hydrogen-bond acceptors (Lipinski definition) is 1. The summed E-state index contributed by atoms with van der Waals surface area (Å²) in [7, 11) is 0. The molecule has 0 heterocycles. The van der Waals surface area contributed by atoms with Gasteiger partial charge in [-0.2, -0.15) is 0 Å². The van der Waals surface area contributed by atoms with Crippen molar-refractivity contribution in [3.05, 3.63) is 35.4 Å². The Kier molecular flexibility index (Phi) is 5.74. The van der Waals surface area contributed by atoms with Crippen molar-refractivity contribution in [2.75, 3.05) is 0 Å². The Hall–Kier alpha value is -0.960. The minimum Gasteiger partial charge on any atom is -0.307 e. The lowest BCUT2D eigenvalue weighted by Gasteiger charge is -2.33. The minimum absolute atomic E-state index is 0.0582. The van der Waals surface area contributed by atoms with Crippen molar-refractivity contribution in [2.45, 2.75) is 65.0 Å². The molecule has 3 atom stereocenters. The molecule has 0 saturated heterocycles. The molecule has 0 aromatic heterocycles. The van der Waals surface area contributed by atoms with Crippen LogP contribution in [0.3, 0.4) is 0 Å². The SMILES string of the molecule is CC(C)CC1CCCC(NC(C)c2ccc(F)c(F)c2)C1. The van der Waals surface area contributed by atoms with E-state index in [0.717, 1.165) is 17.4 Å². The van der Waals surface area contributed by atoms with Gasteiger partial charge in [0.15, 0.2) is 11.6 Å². The number of halogens is 2. The largest absolute Gasteiger partial charge is 0.307 e. The fourth-order valence-corrected chi connectivity index (χ4v) is 3.55. The molecular formula is C18H27F2N. The van der Waals surface area contributed by atoms with Crippen LogP contribution in [0.2, 0.25) is 0 Å². The summed E-state index contributed by atoms with van der Waals surface area (Å²) in [5, 5.41) is 3.60. The van der Waals surface area contributed by atoms with Crippen LogP contribution in [0.4, 0.5) is 8.78 Å². The molecule has 2 rings (SSSR count). The van der Waals surface area contributed by atoms with Crippen LogP contribution in [0.25, 0.3) is 0 Å². The third-order valence-corrected chi connectivity index (χ3v) is 4.52. The van der Waals surface area contributed by atoms with Crippen LogP contribution < -0.4 is 5.32 Å². The van der Waals surface area contributed by atoms with Gasteiger partial charge in [0.05, 0.1) is 0 Å². The molecule has 1 fully saturated rings. The van der Waals surface area contributed by atoms with Gasteiger partial charge < -0.3 is 5.32 Å². The lowest BCUT2D eigenvalue weighted by atomic mass is 9.81. The normalized spacial score (nSPS) is 24.3. The number of rotatable bonds is 5. The first-order valence-corrected chi connectivity index (χ1v) is 8.16. The number of nitrogens with one attached hydrogen (secondary N) is 1. The van der Waals surface area contributed by atoms with Gasteiger partial charge in [-0.05, 0) is 55.7 Å². The lowest BCUT2D eigenvalue weighted by Crippen LogP contribution is -2.36. The second kappa shape index (κ2) is 7.35. The van der Waals surface area contributed by atoms with E-state index in [2.05, 4.69) is 19.2 Å². The highest BCUT2D eigenvalue weighted by Crippen LogP contribution is 2.30. The molecule has 1 N–H and O–H groups in total. The Morgan fingerprint density at radius 1 is 1.14 bits per heavy atom. The van der Waals surface area contributed by atoms with Crippen molar-refractivity contribution in [1.29, 1.82) is 0 Å². The van der Waals surface area contributed by atoms with Gasteiger partial charge in [-0.15, -0.1) is 0 Å². The summed E-state index contributed by atoms with van der Waals surface area (Å²) in [6.45, 7) is 6.58. The molecule has 0 aliphatic heterocycles. The summed E-state index contributed by atoms with van der Waals surface area (Å²) in [6, 6.07) is 4.74. The predicted molar refractivity (Wildman–Crippen MR) is 83.1 cm³/mol. The van der Waals surface area contributed by atoms with Crippen LogP contribution in [-0.2, 0) is 0 Å². The van der Waals surface area contributed by atoms with Crippen molar-refractivity contribution in [3.63, 3.8) is 0 Å². The van der Waals surface area contributed by atoms with Crippen molar-refractivity contribution < 1.29 is 8.78 Å². The molecule has 3 heteroatoms. The zero-order valence-corrected chi connectivity index (χ0v) is 13.3. The minimum atomic E-state index is -0.777. The summed E-state index contributed by atoms with van der Waals surface area (Å²) >= 11 is 0. The molecule has 1 saturated carbocycles. The maximum Gasteiger partial charge on any atom is 0.159 e. The van der Waals surface area contributed by atoms with Crippen LogP contribution in [-0.4, -0.2) is 6.04 Å². The standard InChI is InChI=1S/C18H27F2N/c1-12(2)9-14-5-4-6-16(10-14)21-13(3)15-7-8-17(19)18(20)11-15/h7-8,11-14,16,21H,4-6,9-10H2,1-3H3. The second-order valence-corrected chi connectivity index (χ2v) is 6.92. The second-order valence-electron chi connectivity index (χ2n) is 6.92. The Morgan fingerprint density at radius 3 is 2.57 bits per heavy atom. The van der Waals surface area contributed by atoms with E-state index >= 15 is 0 Å². The molecule has 0 bridgehead atoms. The molecule has 0 spiro atoms. The predicted octanol–water partition coefficient (Wildman–Crippen LogP) is 5.22. The van der Waals surface area contributed by atoms with Gasteiger partial charge in [-0.1, -0.05) is 32.8 Å². The molecule has 118 valence electrons. The van der Waals surface area contributed by atoms with E-state index in [1.165, 1.54) is 44.2 Å². The van der Waals surface area contributed by atoms with E-state index in [4.69, 9.17) is 0 Å². The highest BCUT2D eigenvalue weighted by molar-refractivity contribution is 5.20. The molecule has 1 aliphatic rings. The fraction of sp³-hybridized carbons (Fsp3) is 0.667. The fourth-order valence-electron chi connectivity index (χ4n) is 3.55. The van der Waals surface area contributed by atoms with E-state index < -0.39 is 11.6 Å². The average molecular weight is 295 g/mol. The first kappa shape index (κ1) is 16.4. The monoisotopic (exact) mass is 295 g/mol. The van der Waals surface area contributed by atoms with Crippen LogP contribution in [0.15, 0.2) is 18.2 Å². The van der Waals surface area contributed by atoms with Crippen molar-refractivity contribution in [3.8, 4) is 0 Å². The highest BCUT2D eigenvalue weighted by Gasteiger charge is 2.24. The van der Waals surface area contributed by atoms with Crippen LogP contribution in [0, 0.1) is 23.5 Å². The Bertz CT molecular complexity index is 459. The van der Waals surface area contributed by atoms with E-state index in [0.29, 0.717) is 6.04 Å².